The number of halogens is 1. The number of nitrogens with zero attached hydrogens (tertiary/aromatic N) is 3. The first-order valence-corrected chi connectivity index (χ1v) is 10.0. The second kappa shape index (κ2) is 7.47. The van der Waals surface area contributed by atoms with Crippen LogP contribution in [0, 0.1) is 0 Å². The van der Waals surface area contributed by atoms with Gasteiger partial charge in [0.2, 0.25) is 0 Å². The number of nitrogens with one attached hydrogen (secondary N) is 1. The predicted molar refractivity (Wildman–Crippen MR) is 108 cm³/mol. The Morgan fingerprint density at radius 2 is 1.88 bits per heavy atom. The number of aromatic amines is 1. The third-order valence-electron chi connectivity index (χ3n) is 4.27. The van der Waals surface area contributed by atoms with E-state index >= 15 is 0 Å². The molecule has 3 heterocycles. The average molecular weight is 389 g/mol. The third kappa shape index (κ3) is 3.68. The molecule has 5 nitrogen and oxygen atoms in total. The quantitative estimate of drug-likeness (QED) is 0.661. The molecule has 1 N–H and O–H groups in total. The highest BCUT2D eigenvalue weighted by molar-refractivity contribution is 7.99. The molecule has 0 unspecified atom stereocenters. The number of anilines is 1. The standard InChI is InChI=1S/C19H21ClN4OS/c1-12(2)26-19-21-16-11-15(20)17(22-18(16)23-19)13-3-5-14(6-4-13)24-7-9-25-10-8-24/h3-6,11-12H,7-10H2,1-2H3,(H,21,22,23). The molecule has 136 valence electrons. The van der Waals surface area contributed by atoms with Gasteiger partial charge in [0.05, 0.1) is 29.4 Å². The molecular formula is C19H21ClN4OS. The van der Waals surface area contributed by atoms with Crippen LogP contribution in [0.5, 0.6) is 0 Å². The van der Waals surface area contributed by atoms with Gasteiger partial charge in [0.25, 0.3) is 0 Å². The van der Waals surface area contributed by atoms with E-state index in [-0.39, 0.29) is 0 Å². The van der Waals surface area contributed by atoms with Crippen molar-refractivity contribution in [1.29, 1.82) is 0 Å². The van der Waals surface area contributed by atoms with E-state index in [1.807, 2.05) is 6.07 Å². The third-order valence-corrected chi connectivity index (χ3v) is 5.45. The fraction of sp³-hybridized carbons (Fsp3) is 0.368. The van der Waals surface area contributed by atoms with Gasteiger partial charge in [-0.15, -0.1) is 0 Å². The van der Waals surface area contributed by atoms with E-state index in [4.69, 9.17) is 21.3 Å². The summed E-state index contributed by atoms with van der Waals surface area (Å²) in [6.45, 7) is 7.69. The second-order valence-electron chi connectivity index (χ2n) is 6.54. The van der Waals surface area contributed by atoms with Crippen LogP contribution < -0.4 is 4.90 Å². The maximum atomic E-state index is 6.50. The van der Waals surface area contributed by atoms with Gasteiger partial charge < -0.3 is 14.6 Å². The molecule has 1 aliphatic heterocycles. The number of benzene rings is 1. The zero-order chi connectivity index (χ0) is 18.1. The summed E-state index contributed by atoms with van der Waals surface area (Å²) in [7, 11) is 0. The number of imidazole rings is 1. The fourth-order valence-corrected chi connectivity index (χ4v) is 4.04. The van der Waals surface area contributed by atoms with Crippen molar-refractivity contribution >= 4 is 40.2 Å². The maximum Gasteiger partial charge on any atom is 0.179 e. The van der Waals surface area contributed by atoms with Crippen molar-refractivity contribution in [3.63, 3.8) is 0 Å². The van der Waals surface area contributed by atoms with Crippen LogP contribution in [0.25, 0.3) is 22.4 Å². The topological polar surface area (TPSA) is 54.0 Å². The molecule has 1 aliphatic rings. The number of thioether (sulfide) groups is 1. The van der Waals surface area contributed by atoms with Crippen LogP contribution >= 0.6 is 23.4 Å². The van der Waals surface area contributed by atoms with Gasteiger partial charge in [0.1, 0.15) is 0 Å². The van der Waals surface area contributed by atoms with Crippen LogP contribution in [-0.2, 0) is 4.74 Å². The lowest BCUT2D eigenvalue weighted by molar-refractivity contribution is 0.122. The lowest BCUT2D eigenvalue weighted by Gasteiger charge is -2.28. The number of morpholine rings is 1. The molecule has 0 spiro atoms. The van der Waals surface area contributed by atoms with Gasteiger partial charge in [-0.2, -0.15) is 0 Å². The van der Waals surface area contributed by atoms with Crippen LogP contribution in [0.1, 0.15) is 13.8 Å². The molecule has 0 bridgehead atoms. The smallest absolute Gasteiger partial charge is 0.179 e. The number of ether oxygens (including phenoxy) is 1. The highest BCUT2D eigenvalue weighted by Gasteiger charge is 2.14. The van der Waals surface area contributed by atoms with Gasteiger partial charge in [0, 0.05) is 29.6 Å². The second-order valence-corrected chi connectivity index (χ2v) is 8.52. The van der Waals surface area contributed by atoms with Crippen LogP contribution in [0.2, 0.25) is 5.02 Å². The van der Waals surface area contributed by atoms with E-state index in [0.29, 0.717) is 15.9 Å². The lowest BCUT2D eigenvalue weighted by atomic mass is 10.1. The Morgan fingerprint density at radius 1 is 1.15 bits per heavy atom. The number of fused-ring (bicyclic) bond motifs is 1. The highest BCUT2D eigenvalue weighted by atomic mass is 35.5. The van der Waals surface area contributed by atoms with Crippen molar-refractivity contribution in [2.75, 3.05) is 31.2 Å². The molecule has 7 heteroatoms. The molecule has 26 heavy (non-hydrogen) atoms. The van der Waals surface area contributed by atoms with E-state index < -0.39 is 0 Å². The first-order valence-electron chi connectivity index (χ1n) is 8.76. The zero-order valence-corrected chi connectivity index (χ0v) is 16.4. The molecule has 4 rings (SSSR count). The van der Waals surface area contributed by atoms with Crippen molar-refractivity contribution in [3.05, 3.63) is 35.4 Å². The Bertz CT molecular complexity index is 904. The molecule has 3 aromatic rings. The van der Waals surface area contributed by atoms with E-state index in [1.54, 1.807) is 11.8 Å². The first kappa shape index (κ1) is 17.6. The number of H-pyrrole nitrogens is 1. The lowest BCUT2D eigenvalue weighted by Crippen LogP contribution is -2.36. The number of pyridine rings is 1. The van der Waals surface area contributed by atoms with Gasteiger partial charge in [0.15, 0.2) is 10.8 Å². The molecule has 1 fully saturated rings. The highest BCUT2D eigenvalue weighted by Crippen LogP contribution is 2.31. The number of hydrogen-bond acceptors (Lipinski definition) is 5. The molecule has 2 aromatic heterocycles. The van der Waals surface area contributed by atoms with Gasteiger partial charge in [-0.05, 0) is 18.2 Å². The van der Waals surface area contributed by atoms with Crippen molar-refractivity contribution in [2.24, 2.45) is 0 Å². The minimum absolute atomic E-state index is 0.457. The summed E-state index contributed by atoms with van der Waals surface area (Å²) in [6.07, 6.45) is 0. The summed E-state index contributed by atoms with van der Waals surface area (Å²) in [4.78, 5) is 14.9. The monoisotopic (exact) mass is 388 g/mol. The first-order chi connectivity index (χ1) is 12.6. The SMILES string of the molecule is CC(C)Sc1nc2nc(-c3ccc(N4CCOCC4)cc3)c(Cl)cc2[nH]1. The molecule has 0 atom stereocenters. The Hall–Kier alpha value is -1.76. The van der Waals surface area contributed by atoms with E-state index in [0.717, 1.165) is 48.2 Å². The normalized spacial score (nSPS) is 15.2. The zero-order valence-electron chi connectivity index (χ0n) is 14.8. The number of rotatable bonds is 4. The van der Waals surface area contributed by atoms with Crippen LogP contribution in [-0.4, -0.2) is 46.5 Å². The van der Waals surface area contributed by atoms with Gasteiger partial charge in [-0.1, -0.05) is 49.3 Å². The minimum atomic E-state index is 0.457. The van der Waals surface area contributed by atoms with Crippen LogP contribution in [0.3, 0.4) is 0 Å². The molecule has 0 amide bonds. The van der Waals surface area contributed by atoms with Crippen molar-refractivity contribution in [1.82, 2.24) is 15.0 Å². The molecule has 1 aromatic carbocycles. The van der Waals surface area contributed by atoms with Crippen LogP contribution in [0.4, 0.5) is 5.69 Å². The van der Waals surface area contributed by atoms with Gasteiger partial charge in [-0.25, -0.2) is 9.97 Å². The fourth-order valence-electron chi connectivity index (χ4n) is 3.03. The molecular weight excluding hydrogens is 368 g/mol. The predicted octanol–water partition coefficient (Wildman–Crippen LogP) is 4.62. The summed E-state index contributed by atoms with van der Waals surface area (Å²) in [6, 6.07) is 10.3. The largest absolute Gasteiger partial charge is 0.378 e. The number of hydrogen-bond donors (Lipinski definition) is 1. The van der Waals surface area contributed by atoms with Crippen LogP contribution in [0.15, 0.2) is 35.5 Å². The van der Waals surface area contributed by atoms with E-state index in [1.165, 1.54) is 5.69 Å². The molecule has 0 saturated carbocycles. The van der Waals surface area contributed by atoms with Gasteiger partial charge in [-0.3, -0.25) is 0 Å². The Morgan fingerprint density at radius 3 is 2.58 bits per heavy atom. The summed E-state index contributed by atoms with van der Waals surface area (Å²) < 4.78 is 5.42. The van der Waals surface area contributed by atoms with Crippen molar-refractivity contribution in [2.45, 2.75) is 24.3 Å². The Kier molecular flexibility index (Phi) is 5.07. The molecule has 0 aliphatic carbocycles. The molecule has 1 saturated heterocycles. The summed E-state index contributed by atoms with van der Waals surface area (Å²) in [5.74, 6) is 0. The maximum absolute atomic E-state index is 6.50. The van der Waals surface area contributed by atoms with E-state index in [2.05, 4.69) is 53.0 Å². The summed E-state index contributed by atoms with van der Waals surface area (Å²) >= 11 is 8.18. The molecule has 0 radical (unpaired) electrons. The summed E-state index contributed by atoms with van der Waals surface area (Å²) in [5.41, 5.74) is 4.52. The van der Waals surface area contributed by atoms with Gasteiger partial charge >= 0.3 is 0 Å². The van der Waals surface area contributed by atoms with Crippen molar-refractivity contribution < 1.29 is 4.74 Å². The average Bonchev–Trinajstić information content (AvgIpc) is 3.02. The van der Waals surface area contributed by atoms with E-state index in [9.17, 15) is 0 Å². The number of aromatic nitrogens is 3. The Labute approximate surface area is 162 Å². The minimum Gasteiger partial charge on any atom is -0.378 e. The Balaban J connectivity index is 1.63. The van der Waals surface area contributed by atoms with Crippen molar-refractivity contribution in [3.8, 4) is 11.3 Å². The summed E-state index contributed by atoms with van der Waals surface area (Å²) in [5, 5.41) is 1.96.